The van der Waals surface area contributed by atoms with Crippen LogP contribution in [-0.2, 0) is 11.2 Å². The van der Waals surface area contributed by atoms with Gasteiger partial charge in [-0.3, -0.25) is 15.6 Å². The van der Waals surface area contributed by atoms with Gasteiger partial charge in [0.15, 0.2) is 0 Å². The van der Waals surface area contributed by atoms with Crippen molar-refractivity contribution in [3.05, 3.63) is 47.5 Å². The number of rotatable bonds is 5. The second-order valence-electron chi connectivity index (χ2n) is 5.45. The molecule has 2 heterocycles. The fraction of sp³-hybridized carbons (Fsp3) is 0.235. The average molecular weight is 326 g/mol. The highest BCUT2D eigenvalue weighted by Gasteiger charge is 2.11. The summed E-state index contributed by atoms with van der Waals surface area (Å²) >= 11 is 0. The number of aryl methyl sites for hydroxylation is 2. The van der Waals surface area contributed by atoms with Gasteiger partial charge in [0, 0.05) is 28.4 Å². The zero-order chi connectivity index (χ0) is 17.1. The van der Waals surface area contributed by atoms with Crippen LogP contribution in [0.4, 0.5) is 5.95 Å². The molecule has 1 aromatic carbocycles. The van der Waals surface area contributed by atoms with Gasteiger partial charge in [-0.25, -0.2) is 9.97 Å². The minimum Gasteiger partial charge on any atom is -0.497 e. The van der Waals surface area contributed by atoms with Gasteiger partial charge >= 0.3 is 0 Å². The Labute approximate surface area is 139 Å². The molecule has 0 unspecified atom stereocenters. The number of nitrogens with one attached hydrogen (secondary N) is 2. The molecule has 0 atom stereocenters. The number of hydrazine groups is 1. The summed E-state index contributed by atoms with van der Waals surface area (Å²) in [6.45, 7) is 3.74. The van der Waals surface area contributed by atoms with Crippen LogP contribution >= 0.6 is 0 Å². The largest absolute Gasteiger partial charge is 0.497 e. The summed E-state index contributed by atoms with van der Waals surface area (Å²) in [7, 11) is 1.60. The number of carbonyl (C=O) groups is 1. The fourth-order valence-corrected chi connectivity index (χ4v) is 2.45. The van der Waals surface area contributed by atoms with E-state index >= 15 is 0 Å². The number of ether oxygens (including phenoxy) is 1. The summed E-state index contributed by atoms with van der Waals surface area (Å²) in [5.41, 5.74) is 8.47. The van der Waals surface area contributed by atoms with Crippen LogP contribution in [0.1, 0.15) is 17.0 Å². The molecule has 2 N–H and O–H groups in total. The summed E-state index contributed by atoms with van der Waals surface area (Å²) in [6, 6.07) is 7.36. The summed E-state index contributed by atoms with van der Waals surface area (Å²) in [4.78, 5) is 20.5. The highest BCUT2D eigenvalue weighted by Crippen LogP contribution is 2.25. The van der Waals surface area contributed by atoms with Gasteiger partial charge in [0.2, 0.25) is 11.9 Å². The Bertz CT molecular complexity index is 868. The Hall–Kier alpha value is -3.09. The Kier molecular flexibility index (Phi) is 4.33. The van der Waals surface area contributed by atoms with Crippen LogP contribution in [0.3, 0.4) is 0 Å². The van der Waals surface area contributed by atoms with Gasteiger partial charge < -0.3 is 9.15 Å². The molecular formula is C17H18N4O3. The van der Waals surface area contributed by atoms with Crippen LogP contribution in [0.15, 0.2) is 34.9 Å². The van der Waals surface area contributed by atoms with E-state index in [0.29, 0.717) is 17.3 Å². The van der Waals surface area contributed by atoms with Crippen molar-refractivity contribution in [2.45, 2.75) is 20.3 Å². The first-order valence-corrected chi connectivity index (χ1v) is 7.46. The molecule has 0 saturated heterocycles. The second kappa shape index (κ2) is 6.57. The Balaban J connectivity index is 1.66. The molecule has 2 aromatic heterocycles. The van der Waals surface area contributed by atoms with Crippen molar-refractivity contribution in [2.24, 2.45) is 0 Å². The summed E-state index contributed by atoms with van der Waals surface area (Å²) < 4.78 is 10.6. The van der Waals surface area contributed by atoms with E-state index in [1.54, 1.807) is 19.4 Å². The number of amides is 1. The highest BCUT2D eigenvalue weighted by atomic mass is 16.5. The zero-order valence-electron chi connectivity index (χ0n) is 13.7. The third kappa shape index (κ3) is 3.45. The van der Waals surface area contributed by atoms with Crippen LogP contribution in [0, 0.1) is 13.8 Å². The number of hydrogen-bond acceptors (Lipinski definition) is 6. The van der Waals surface area contributed by atoms with Gasteiger partial charge in [-0.2, -0.15) is 0 Å². The van der Waals surface area contributed by atoms with Crippen LogP contribution in [0.2, 0.25) is 0 Å². The minimum atomic E-state index is -0.212. The van der Waals surface area contributed by atoms with Gasteiger partial charge in [-0.1, -0.05) is 0 Å². The van der Waals surface area contributed by atoms with Crippen molar-refractivity contribution in [2.75, 3.05) is 12.5 Å². The molecule has 0 aliphatic carbocycles. The van der Waals surface area contributed by atoms with E-state index in [2.05, 4.69) is 20.8 Å². The lowest BCUT2D eigenvalue weighted by atomic mass is 10.1. The number of carbonyl (C=O) groups excluding carboxylic acids is 1. The molecule has 0 aliphatic rings. The van der Waals surface area contributed by atoms with E-state index in [0.717, 1.165) is 22.3 Å². The van der Waals surface area contributed by atoms with Crippen molar-refractivity contribution in [1.82, 2.24) is 15.4 Å². The number of benzene rings is 1. The topological polar surface area (TPSA) is 89.3 Å². The summed E-state index contributed by atoms with van der Waals surface area (Å²) in [5.74, 6) is 0.861. The predicted molar refractivity (Wildman–Crippen MR) is 89.7 cm³/mol. The van der Waals surface area contributed by atoms with Gasteiger partial charge in [0.25, 0.3) is 0 Å². The minimum absolute atomic E-state index is 0.178. The van der Waals surface area contributed by atoms with Crippen molar-refractivity contribution in [3.8, 4) is 5.75 Å². The number of furan rings is 1. The molecule has 24 heavy (non-hydrogen) atoms. The normalized spacial score (nSPS) is 10.6. The zero-order valence-corrected chi connectivity index (χ0v) is 13.7. The molecule has 7 nitrogen and oxygen atoms in total. The van der Waals surface area contributed by atoms with Crippen molar-refractivity contribution in [3.63, 3.8) is 0 Å². The molecule has 3 aromatic rings. The predicted octanol–water partition coefficient (Wildman–Crippen LogP) is 2.53. The molecule has 0 spiro atoms. The summed E-state index contributed by atoms with van der Waals surface area (Å²) in [6.07, 6.45) is 1.76. The monoisotopic (exact) mass is 326 g/mol. The maximum absolute atomic E-state index is 12.1. The van der Waals surface area contributed by atoms with Crippen LogP contribution in [-0.4, -0.2) is 23.0 Å². The van der Waals surface area contributed by atoms with E-state index in [4.69, 9.17) is 9.15 Å². The van der Waals surface area contributed by atoms with Crippen molar-refractivity contribution >= 4 is 22.8 Å². The smallest absolute Gasteiger partial charge is 0.242 e. The van der Waals surface area contributed by atoms with Crippen molar-refractivity contribution < 1.29 is 13.9 Å². The first kappa shape index (κ1) is 15.8. The number of aromatic nitrogens is 2. The molecular weight excluding hydrogens is 308 g/mol. The average Bonchev–Trinajstić information content (AvgIpc) is 2.94. The summed E-state index contributed by atoms with van der Waals surface area (Å²) in [5, 5.41) is 0.883. The molecule has 7 heteroatoms. The molecule has 0 saturated carbocycles. The van der Waals surface area contributed by atoms with E-state index in [1.807, 2.05) is 32.0 Å². The number of hydrogen-bond donors (Lipinski definition) is 2. The number of nitrogens with zero attached hydrogens (tertiary/aromatic N) is 2. The number of anilines is 1. The molecule has 0 radical (unpaired) electrons. The highest BCUT2D eigenvalue weighted by molar-refractivity contribution is 5.88. The van der Waals surface area contributed by atoms with E-state index in [1.165, 1.54) is 0 Å². The van der Waals surface area contributed by atoms with E-state index in [-0.39, 0.29) is 12.3 Å². The fourth-order valence-electron chi connectivity index (χ4n) is 2.45. The standard InChI is InChI=1S/C17H18N4O3/c1-10-6-11(2)19-17(18-10)21-20-16(22)7-12-9-24-15-8-13(23-3)4-5-14(12)15/h4-6,8-9H,7H2,1-3H3,(H,20,22)(H,18,19,21). The maximum atomic E-state index is 12.1. The molecule has 0 bridgehead atoms. The van der Waals surface area contributed by atoms with E-state index in [9.17, 15) is 4.79 Å². The van der Waals surface area contributed by atoms with Crippen LogP contribution in [0.5, 0.6) is 5.75 Å². The molecule has 1 amide bonds. The van der Waals surface area contributed by atoms with Gasteiger partial charge in [0.05, 0.1) is 19.8 Å². The van der Waals surface area contributed by atoms with Crippen LogP contribution in [0.25, 0.3) is 11.0 Å². The lowest BCUT2D eigenvalue weighted by molar-refractivity contribution is -0.119. The molecule has 0 fully saturated rings. The SMILES string of the molecule is COc1ccc2c(CC(=O)NNc3nc(C)cc(C)n3)coc2c1. The Morgan fingerprint density at radius 2 is 1.96 bits per heavy atom. The quantitative estimate of drug-likeness (QED) is 0.700. The number of methoxy groups -OCH3 is 1. The third-order valence-corrected chi connectivity index (χ3v) is 3.51. The molecule has 124 valence electrons. The number of fused-ring (bicyclic) bond motifs is 1. The lowest BCUT2D eigenvalue weighted by Crippen LogP contribution is -2.31. The first-order valence-electron chi connectivity index (χ1n) is 7.46. The maximum Gasteiger partial charge on any atom is 0.242 e. The van der Waals surface area contributed by atoms with Gasteiger partial charge in [-0.05, 0) is 32.0 Å². The second-order valence-corrected chi connectivity index (χ2v) is 5.45. The first-order chi connectivity index (χ1) is 11.5. The third-order valence-electron chi connectivity index (χ3n) is 3.51. The molecule has 3 rings (SSSR count). The van der Waals surface area contributed by atoms with Crippen LogP contribution < -0.4 is 15.6 Å². The van der Waals surface area contributed by atoms with E-state index < -0.39 is 0 Å². The lowest BCUT2D eigenvalue weighted by Gasteiger charge is -2.08. The van der Waals surface area contributed by atoms with Gasteiger partial charge in [-0.15, -0.1) is 0 Å². The van der Waals surface area contributed by atoms with Crippen molar-refractivity contribution in [1.29, 1.82) is 0 Å². The van der Waals surface area contributed by atoms with Gasteiger partial charge in [0.1, 0.15) is 11.3 Å². The Morgan fingerprint density at radius 3 is 2.67 bits per heavy atom. The Morgan fingerprint density at radius 1 is 1.21 bits per heavy atom. The molecule has 0 aliphatic heterocycles.